The van der Waals surface area contributed by atoms with Crippen LogP contribution in [0.3, 0.4) is 0 Å². The Hall–Kier alpha value is -3.02. The van der Waals surface area contributed by atoms with Crippen molar-refractivity contribution in [2.24, 2.45) is 5.73 Å². The summed E-state index contributed by atoms with van der Waals surface area (Å²) in [7, 11) is 0. The van der Waals surface area contributed by atoms with Crippen molar-refractivity contribution in [3.63, 3.8) is 0 Å². The van der Waals surface area contributed by atoms with Crippen LogP contribution in [0.4, 0.5) is 0 Å². The van der Waals surface area contributed by atoms with Crippen LogP contribution in [0.1, 0.15) is 15.9 Å². The first-order valence-electron chi connectivity index (χ1n) is 6.41. The van der Waals surface area contributed by atoms with Gasteiger partial charge in [-0.15, -0.1) is 15.0 Å². The van der Waals surface area contributed by atoms with Crippen LogP contribution in [-0.2, 0) is 0 Å². The topological polar surface area (TPSA) is 86.7 Å². The average Bonchev–Trinajstić information content (AvgIpc) is 2.98. The molecule has 0 fully saturated rings. The smallest absolute Gasteiger partial charge is 0.248 e. The third-order valence-corrected chi connectivity index (χ3v) is 3.11. The van der Waals surface area contributed by atoms with E-state index in [2.05, 4.69) is 15.4 Å². The minimum atomic E-state index is -0.464. The molecular formula is C15H13N5O. The fraction of sp³-hybridized carbons (Fsp3) is 0.0667. The lowest BCUT2D eigenvalue weighted by Crippen LogP contribution is -2.10. The molecule has 104 valence electrons. The molecule has 2 N–H and O–H groups in total. The molecular weight excluding hydrogens is 266 g/mol. The van der Waals surface area contributed by atoms with Crippen molar-refractivity contribution >= 4 is 5.91 Å². The fourth-order valence-corrected chi connectivity index (χ4v) is 1.90. The predicted octanol–water partition coefficient (Wildman–Crippen LogP) is 1.74. The van der Waals surface area contributed by atoms with Crippen LogP contribution < -0.4 is 5.73 Å². The van der Waals surface area contributed by atoms with E-state index in [0.29, 0.717) is 17.1 Å². The Kier molecular flexibility index (Phi) is 3.19. The minimum Gasteiger partial charge on any atom is -0.366 e. The standard InChI is InChI=1S/C15H13N5O/c1-10-2-4-12(5-3-10)15-17-19-20(18-15)13-8-6-11(7-9-13)14(16)21/h2-9H,1H3,(H2,16,21). The Morgan fingerprint density at radius 1 is 1.05 bits per heavy atom. The van der Waals surface area contributed by atoms with E-state index in [1.807, 2.05) is 31.2 Å². The Morgan fingerprint density at radius 3 is 2.33 bits per heavy atom. The van der Waals surface area contributed by atoms with Gasteiger partial charge in [0.05, 0.1) is 5.69 Å². The van der Waals surface area contributed by atoms with Gasteiger partial charge in [-0.05, 0) is 36.4 Å². The van der Waals surface area contributed by atoms with Crippen LogP contribution in [0.2, 0.25) is 0 Å². The van der Waals surface area contributed by atoms with Crippen LogP contribution in [0.25, 0.3) is 17.1 Å². The number of nitrogens with zero attached hydrogens (tertiary/aromatic N) is 4. The maximum Gasteiger partial charge on any atom is 0.248 e. The number of hydrogen-bond acceptors (Lipinski definition) is 4. The lowest BCUT2D eigenvalue weighted by atomic mass is 10.1. The van der Waals surface area contributed by atoms with Gasteiger partial charge in [0.15, 0.2) is 0 Å². The SMILES string of the molecule is Cc1ccc(-c2nnn(-c3ccc(C(N)=O)cc3)n2)cc1. The van der Waals surface area contributed by atoms with Crippen LogP contribution in [0, 0.1) is 6.92 Å². The van der Waals surface area contributed by atoms with Gasteiger partial charge >= 0.3 is 0 Å². The number of benzene rings is 2. The second-order valence-electron chi connectivity index (χ2n) is 4.68. The maximum absolute atomic E-state index is 11.0. The zero-order chi connectivity index (χ0) is 14.8. The Balaban J connectivity index is 1.90. The molecule has 3 aromatic rings. The number of carbonyl (C=O) groups is 1. The van der Waals surface area contributed by atoms with Gasteiger partial charge in [-0.2, -0.15) is 0 Å². The molecule has 1 amide bonds. The number of amides is 1. The van der Waals surface area contributed by atoms with Crippen LogP contribution >= 0.6 is 0 Å². The molecule has 0 unspecified atom stereocenters. The number of rotatable bonds is 3. The van der Waals surface area contributed by atoms with Crippen molar-refractivity contribution in [1.82, 2.24) is 20.2 Å². The van der Waals surface area contributed by atoms with Gasteiger partial charge in [-0.25, -0.2) is 0 Å². The van der Waals surface area contributed by atoms with E-state index in [1.165, 1.54) is 10.4 Å². The molecule has 0 aliphatic carbocycles. The second kappa shape index (κ2) is 5.16. The Labute approximate surface area is 121 Å². The summed E-state index contributed by atoms with van der Waals surface area (Å²) < 4.78 is 0. The molecule has 1 heterocycles. The van der Waals surface area contributed by atoms with Gasteiger partial charge < -0.3 is 5.73 Å². The molecule has 0 aliphatic rings. The van der Waals surface area contributed by atoms with Gasteiger partial charge in [0.2, 0.25) is 11.7 Å². The van der Waals surface area contributed by atoms with Gasteiger partial charge in [-0.3, -0.25) is 4.79 Å². The van der Waals surface area contributed by atoms with Crippen molar-refractivity contribution in [3.05, 3.63) is 59.7 Å². The normalized spacial score (nSPS) is 10.5. The van der Waals surface area contributed by atoms with Crippen LogP contribution in [0.15, 0.2) is 48.5 Å². The largest absolute Gasteiger partial charge is 0.366 e. The van der Waals surface area contributed by atoms with E-state index in [4.69, 9.17) is 5.73 Å². The van der Waals surface area contributed by atoms with Crippen LogP contribution in [-0.4, -0.2) is 26.1 Å². The van der Waals surface area contributed by atoms with Crippen LogP contribution in [0.5, 0.6) is 0 Å². The van der Waals surface area contributed by atoms with Crippen molar-refractivity contribution in [1.29, 1.82) is 0 Å². The molecule has 6 nitrogen and oxygen atoms in total. The van der Waals surface area contributed by atoms with E-state index in [0.717, 1.165) is 5.56 Å². The third kappa shape index (κ3) is 2.64. The third-order valence-electron chi connectivity index (χ3n) is 3.11. The summed E-state index contributed by atoms with van der Waals surface area (Å²) >= 11 is 0. The summed E-state index contributed by atoms with van der Waals surface area (Å²) in [6.45, 7) is 2.02. The van der Waals surface area contributed by atoms with Gasteiger partial charge in [-0.1, -0.05) is 29.8 Å². The molecule has 0 radical (unpaired) electrons. The predicted molar refractivity (Wildman–Crippen MR) is 77.8 cm³/mol. The van der Waals surface area contributed by atoms with E-state index in [1.54, 1.807) is 24.3 Å². The summed E-state index contributed by atoms with van der Waals surface area (Å²) in [6, 6.07) is 14.6. The lowest BCUT2D eigenvalue weighted by molar-refractivity contribution is 0.100. The highest BCUT2D eigenvalue weighted by molar-refractivity contribution is 5.92. The summed E-state index contributed by atoms with van der Waals surface area (Å²) in [5.74, 6) is 0.0856. The number of carbonyl (C=O) groups excluding carboxylic acids is 1. The zero-order valence-electron chi connectivity index (χ0n) is 11.4. The van der Waals surface area contributed by atoms with Crippen molar-refractivity contribution in [3.8, 4) is 17.1 Å². The van der Waals surface area contributed by atoms with Crippen molar-refractivity contribution in [2.75, 3.05) is 0 Å². The molecule has 21 heavy (non-hydrogen) atoms. The van der Waals surface area contributed by atoms with Gasteiger partial charge in [0.1, 0.15) is 0 Å². The number of aromatic nitrogens is 4. The summed E-state index contributed by atoms with van der Waals surface area (Å²) in [6.07, 6.45) is 0. The highest BCUT2D eigenvalue weighted by Gasteiger charge is 2.07. The molecule has 0 aliphatic heterocycles. The minimum absolute atomic E-state index is 0.442. The summed E-state index contributed by atoms with van der Waals surface area (Å²) in [4.78, 5) is 12.5. The molecule has 3 rings (SSSR count). The highest BCUT2D eigenvalue weighted by Crippen LogP contribution is 2.15. The van der Waals surface area contributed by atoms with Gasteiger partial charge in [0, 0.05) is 11.1 Å². The number of hydrogen-bond donors (Lipinski definition) is 1. The van der Waals surface area contributed by atoms with Gasteiger partial charge in [0.25, 0.3) is 0 Å². The molecule has 0 bridgehead atoms. The molecule has 0 saturated carbocycles. The monoisotopic (exact) mass is 279 g/mol. The average molecular weight is 279 g/mol. The van der Waals surface area contributed by atoms with Crippen molar-refractivity contribution < 1.29 is 4.79 Å². The number of primary amides is 1. The number of tetrazole rings is 1. The molecule has 1 aromatic heterocycles. The zero-order valence-corrected chi connectivity index (χ0v) is 11.4. The molecule has 0 saturated heterocycles. The second-order valence-corrected chi connectivity index (χ2v) is 4.68. The first-order valence-corrected chi connectivity index (χ1v) is 6.41. The first-order chi connectivity index (χ1) is 10.1. The maximum atomic E-state index is 11.0. The van der Waals surface area contributed by atoms with E-state index < -0.39 is 5.91 Å². The number of aryl methyl sites for hydroxylation is 1. The number of nitrogens with two attached hydrogens (primary N) is 1. The first kappa shape index (κ1) is 13.0. The summed E-state index contributed by atoms with van der Waals surface area (Å²) in [5.41, 5.74) is 8.44. The lowest BCUT2D eigenvalue weighted by Gasteiger charge is -1.99. The quantitative estimate of drug-likeness (QED) is 0.791. The van der Waals surface area contributed by atoms with E-state index in [-0.39, 0.29) is 0 Å². The summed E-state index contributed by atoms with van der Waals surface area (Å²) in [5, 5.41) is 12.4. The Morgan fingerprint density at radius 2 is 1.71 bits per heavy atom. The van der Waals surface area contributed by atoms with E-state index >= 15 is 0 Å². The molecule has 6 heteroatoms. The Bertz CT molecular complexity index is 775. The van der Waals surface area contributed by atoms with E-state index in [9.17, 15) is 4.79 Å². The fourth-order valence-electron chi connectivity index (χ4n) is 1.90. The molecule has 2 aromatic carbocycles. The highest BCUT2D eigenvalue weighted by atomic mass is 16.1. The van der Waals surface area contributed by atoms with Crippen molar-refractivity contribution in [2.45, 2.75) is 6.92 Å². The molecule has 0 atom stereocenters. The molecule has 0 spiro atoms.